The van der Waals surface area contributed by atoms with Crippen molar-refractivity contribution in [2.75, 3.05) is 6.61 Å². The van der Waals surface area contributed by atoms with E-state index in [0.29, 0.717) is 52.7 Å². The third kappa shape index (κ3) is 4.74. The predicted octanol–water partition coefficient (Wildman–Crippen LogP) is 4.97. The lowest BCUT2D eigenvalue weighted by molar-refractivity contribution is -0.144. The Morgan fingerprint density at radius 1 is 1.15 bits per heavy atom. The Morgan fingerprint density at radius 3 is 2.85 bits per heavy atom. The first-order valence-corrected chi connectivity index (χ1v) is 14.5. The van der Waals surface area contributed by atoms with Gasteiger partial charge in [-0.25, -0.2) is 9.97 Å². The van der Waals surface area contributed by atoms with Crippen LogP contribution in [0.15, 0.2) is 49.3 Å². The summed E-state index contributed by atoms with van der Waals surface area (Å²) in [6.07, 6.45) is 11.1. The summed E-state index contributed by atoms with van der Waals surface area (Å²) >= 11 is 12.7. The Kier molecular flexibility index (Phi) is 6.47. The largest absolute Gasteiger partial charge is 0.466 e. The first-order valence-electron chi connectivity index (χ1n) is 13.6. The Bertz CT molecular complexity index is 1810. The molecular formula is C29H27Cl2N7O3. The first kappa shape index (κ1) is 26.0. The van der Waals surface area contributed by atoms with E-state index in [2.05, 4.69) is 37.7 Å². The summed E-state index contributed by atoms with van der Waals surface area (Å²) in [5, 5.41) is 10.6. The Hall–Kier alpha value is -3.89. The summed E-state index contributed by atoms with van der Waals surface area (Å²) in [6, 6.07) is 6.07. The summed E-state index contributed by atoms with van der Waals surface area (Å²) in [4.78, 5) is 34.1. The van der Waals surface area contributed by atoms with Crippen LogP contribution < -0.4 is 5.32 Å². The molecule has 2 fully saturated rings. The molecule has 2 saturated carbocycles. The Balaban J connectivity index is 1.04. The average Bonchev–Trinajstić information content (AvgIpc) is 3.79. The monoisotopic (exact) mass is 591 g/mol. The van der Waals surface area contributed by atoms with Gasteiger partial charge in [0.1, 0.15) is 5.65 Å². The van der Waals surface area contributed by atoms with Crippen LogP contribution in [0.4, 0.5) is 0 Å². The minimum atomic E-state index is -0.277. The summed E-state index contributed by atoms with van der Waals surface area (Å²) < 4.78 is 9.10. The lowest BCUT2D eigenvalue weighted by atomic mass is 10.1. The highest BCUT2D eigenvalue weighted by molar-refractivity contribution is 6.31. The molecular weight excluding hydrogens is 565 g/mol. The standard InChI is InChI=1S/C29H27Cl2N7O3/c1-2-41-29(40)20-6-19(20)27-21(9-34-36-27)28(39)32-10-24-25-7-23(31)22(13-38(25)14-33-24)18-5-17(18)15-3-4-26-35-16(8-30)12-37(26)11-15/h3-4,7,9,11-14,17-20H,2,5-6,8,10H2,1H3,(H,32,39)(H,34,36). The van der Waals surface area contributed by atoms with Gasteiger partial charge in [-0.1, -0.05) is 17.7 Å². The van der Waals surface area contributed by atoms with Crippen LogP contribution in [0.3, 0.4) is 0 Å². The second-order valence-electron chi connectivity index (χ2n) is 10.7. The molecule has 7 rings (SSSR count). The van der Waals surface area contributed by atoms with E-state index < -0.39 is 0 Å². The number of H-pyrrole nitrogens is 1. The molecule has 0 bridgehead atoms. The smallest absolute Gasteiger partial charge is 0.309 e. The van der Waals surface area contributed by atoms with Gasteiger partial charge in [-0.3, -0.25) is 14.7 Å². The van der Waals surface area contributed by atoms with E-state index >= 15 is 0 Å². The molecule has 0 aromatic carbocycles. The topological polar surface area (TPSA) is 119 Å². The summed E-state index contributed by atoms with van der Waals surface area (Å²) in [7, 11) is 0. The van der Waals surface area contributed by atoms with Crippen molar-refractivity contribution in [3.05, 3.63) is 88.1 Å². The van der Waals surface area contributed by atoms with Crippen LogP contribution in [0.25, 0.3) is 11.2 Å². The molecule has 12 heteroatoms. The van der Waals surface area contributed by atoms with Crippen LogP contribution in [0.2, 0.25) is 5.02 Å². The van der Waals surface area contributed by atoms with E-state index in [1.54, 1.807) is 19.4 Å². The predicted molar refractivity (Wildman–Crippen MR) is 152 cm³/mol. The van der Waals surface area contributed by atoms with E-state index in [4.69, 9.17) is 27.9 Å². The molecule has 0 radical (unpaired) electrons. The fourth-order valence-electron chi connectivity index (χ4n) is 5.78. The maximum absolute atomic E-state index is 13.0. The number of nitrogens with one attached hydrogen (secondary N) is 2. The van der Waals surface area contributed by atoms with Gasteiger partial charge in [0.25, 0.3) is 5.91 Å². The normalized spacial score (nSPS) is 21.3. The zero-order valence-corrected chi connectivity index (χ0v) is 23.7. The number of fused-ring (bicyclic) bond motifs is 2. The van der Waals surface area contributed by atoms with Gasteiger partial charge >= 0.3 is 5.97 Å². The first-order chi connectivity index (χ1) is 19.9. The number of carbonyl (C=O) groups is 2. The minimum absolute atomic E-state index is 0.108. The molecule has 2 aliphatic carbocycles. The number of hydrogen-bond donors (Lipinski definition) is 2. The van der Waals surface area contributed by atoms with Gasteiger partial charge in [-0.05, 0) is 54.9 Å². The lowest BCUT2D eigenvalue weighted by Gasteiger charge is -2.08. The number of rotatable bonds is 9. The molecule has 5 heterocycles. The number of halogens is 2. The highest BCUT2D eigenvalue weighted by atomic mass is 35.5. The molecule has 2 aliphatic rings. The highest BCUT2D eigenvalue weighted by Crippen LogP contribution is 2.56. The van der Waals surface area contributed by atoms with E-state index in [9.17, 15) is 9.59 Å². The molecule has 5 aromatic rings. The summed E-state index contributed by atoms with van der Waals surface area (Å²) in [6.45, 7) is 2.34. The number of imidazole rings is 2. The molecule has 0 spiro atoms. The lowest BCUT2D eigenvalue weighted by Crippen LogP contribution is -2.24. The van der Waals surface area contributed by atoms with Gasteiger partial charge in [-0.2, -0.15) is 5.10 Å². The number of esters is 1. The zero-order chi connectivity index (χ0) is 28.2. The highest BCUT2D eigenvalue weighted by Gasteiger charge is 2.48. The number of hydrogen-bond acceptors (Lipinski definition) is 6. The Morgan fingerprint density at radius 2 is 2.02 bits per heavy atom. The second kappa shape index (κ2) is 10.2. The van der Waals surface area contributed by atoms with Gasteiger partial charge in [0.15, 0.2) is 0 Å². The van der Waals surface area contributed by atoms with Gasteiger partial charge in [0.05, 0.1) is 59.4 Å². The maximum Gasteiger partial charge on any atom is 0.309 e. The third-order valence-corrected chi connectivity index (χ3v) is 8.67. The molecule has 0 aliphatic heterocycles. The molecule has 4 unspecified atom stereocenters. The number of carbonyl (C=O) groups excluding carboxylic acids is 2. The van der Waals surface area contributed by atoms with Crippen LogP contribution >= 0.6 is 23.2 Å². The fraction of sp³-hybridized carbons (Fsp3) is 0.345. The van der Waals surface area contributed by atoms with E-state index in [-0.39, 0.29) is 30.3 Å². The molecule has 210 valence electrons. The van der Waals surface area contributed by atoms with Crippen molar-refractivity contribution in [2.24, 2.45) is 5.92 Å². The van der Waals surface area contributed by atoms with E-state index in [1.165, 1.54) is 5.56 Å². The summed E-state index contributed by atoms with van der Waals surface area (Å²) in [5.41, 5.74) is 6.62. The van der Waals surface area contributed by atoms with Crippen LogP contribution in [0.5, 0.6) is 0 Å². The van der Waals surface area contributed by atoms with Crippen LogP contribution in [0, 0.1) is 5.92 Å². The van der Waals surface area contributed by atoms with E-state index in [1.807, 2.05) is 33.3 Å². The van der Waals surface area contributed by atoms with Crippen molar-refractivity contribution in [1.29, 1.82) is 0 Å². The van der Waals surface area contributed by atoms with Crippen molar-refractivity contribution in [3.8, 4) is 0 Å². The number of alkyl halides is 1. The number of ether oxygens (including phenoxy) is 1. The number of amides is 1. The van der Waals surface area contributed by atoms with Crippen molar-refractivity contribution in [3.63, 3.8) is 0 Å². The van der Waals surface area contributed by atoms with Crippen molar-refractivity contribution >= 4 is 46.2 Å². The van der Waals surface area contributed by atoms with Gasteiger partial charge in [-0.15, -0.1) is 11.6 Å². The number of pyridine rings is 2. The second-order valence-corrected chi connectivity index (χ2v) is 11.3. The van der Waals surface area contributed by atoms with Crippen LogP contribution in [-0.2, 0) is 22.0 Å². The van der Waals surface area contributed by atoms with Gasteiger partial charge in [0.2, 0.25) is 0 Å². The molecule has 5 aromatic heterocycles. The average molecular weight is 592 g/mol. The van der Waals surface area contributed by atoms with Gasteiger partial charge in [0, 0.05) is 35.7 Å². The SMILES string of the molecule is CCOC(=O)C1CC1c1n[nH]cc1C(=O)NCc1ncn2cc(C3CC3c3ccc4nc(CCl)cn4c3)c(Cl)cc12. The zero-order valence-electron chi connectivity index (χ0n) is 22.2. The number of nitrogens with zero attached hydrogens (tertiary/aromatic N) is 5. The molecule has 0 saturated heterocycles. The van der Waals surface area contributed by atoms with Crippen molar-refractivity contribution in [1.82, 2.24) is 34.3 Å². The number of aromatic amines is 1. The molecule has 41 heavy (non-hydrogen) atoms. The summed E-state index contributed by atoms with van der Waals surface area (Å²) in [5.74, 6) is 0.192. The molecule has 2 N–H and O–H groups in total. The Labute approximate surface area is 245 Å². The third-order valence-electron chi connectivity index (χ3n) is 8.07. The molecule has 4 atom stereocenters. The van der Waals surface area contributed by atoms with Crippen molar-refractivity contribution < 1.29 is 14.3 Å². The fourth-order valence-corrected chi connectivity index (χ4v) is 6.20. The van der Waals surface area contributed by atoms with Gasteiger partial charge < -0.3 is 18.9 Å². The van der Waals surface area contributed by atoms with Crippen molar-refractivity contribution in [2.45, 2.75) is 49.9 Å². The molecule has 1 amide bonds. The maximum atomic E-state index is 13.0. The van der Waals surface area contributed by atoms with Crippen LogP contribution in [-0.4, -0.2) is 47.5 Å². The quantitative estimate of drug-likeness (QED) is 0.185. The number of aromatic nitrogens is 6. The van der Waals surface area contributed by atoms with Crippen LogP contribution in [0.1, 0.15) is 76.1 Å². The minimum Gasteiger partial charge on any atom is -0.466 e. The molecule has 10 nitrogen and oxygen atoms in total. The van der Waals surface area contributed by atoms with E-state index in [0.717, 1.165) is 28.8 Å².